The number of ether oxygens (including phenoxy) is 1. The zero-order chi connectivity index (χ0) is 25.6. The van der Waals surface area contributed by atoms with Crippen molar-refractivity contribution in [2.24, 2.45) is 16.2 Å². The van der Waals surface area contributed by atoms with E-state index in [9.17, 15) is 9.00 Å². The summed E-state index contributed by atoms with van der Waals surface area (Å²) in [6.45, 7) is 1.15. The minimum atomic E-state index is -2.92. The Balaban J connectivity index is 1.31. The number of aromatic nitrogens is 1. The van der Waals surface area contributed by atoms with Crippen molar-refractivity contribution in [1.82, 2.24) is 14.2 Å². The lowest BCUT2D eigenvalue weighted by Gasteiger charge is -2.38. The number of carbonyl (C=O) groups excluding carboxylic acids is 1. The molecule has 2 heterocycles. The third-order valence-corrected chi connectivity index (χ3v) is 11.7. The van der Waals surface area contributed by atoms with Gasteiger partial charge in [0.1, 0.15) is 21.7 Å². The Labute approximate surface area is 223 Å². The minimum Gasteiger partial charge on any atom is -0.497 e. The molecule has 5 atom stereocenters. The Kier molecular flexibility index (Phi) is 6.71. The van der Waals surface area contributed by atoms with Crippen LogP contribution in [0.5, 0.6) is 5.75 Å². The number of hydrogen-bond acceptors (Lipinski definition) is 6. The van der Waals surface area contributed by atoms with Crippen molar-refractivity contribution < 1.29 is 13.7 Å². The van der Waals surface area contributed by atoms with Gasteiger partial charge in [0.2, 0.25) is 5.91 Å². The van der Waals surface area contributed by atoms with E-state index in [0.717, 1.165) is 46.9 Å². The molecule has 0 radical (unpaired) electrons. The fraction of sp³-hybridized carbons (Fsp3) is 0.500. The van der Waals surface area contributed by atoms with Crippen LogP contribution in [0.1, 0.15) is 44.1 Å². The average molecular weight is 539 g/mol. The number of hydrogen-bond donors (Lipinski definition) is 0. The summed E-state index contributed by atoms with van der Waals surface area (Å²) in [5.41, 5.74) is 3.95. The maximum absolute atomic E-state index is 14.4. The number of carbonyl (C=O) groups is 1. The van der Waals surface area contributed by atoms with E-state index in [4.69, 9.17) is 4.74 Å². The summed E-state index contributed by atoms with van der Waals surface area (Å²) >= 11 is 1.63. The molecule has 1 aliphatic heterocycles. The normalized spacial score (nSPS) is 26.9. The SMILES string of the molecule is CN=[S@](=O)(c1ccc(OC)cc1)N1CCC[C@H]1C(=O)N(Cc1ccc2scnc2c1)[C@H]1CC[C@H]2C[C@H]2C1. The molecule has 0 spiro atoms. The Morgan fingerprint density at radius 3 is 2.76 bits per heavy atom. The van der Waals surface area contributed by atoms with Crippen LogP contribution in [0.15, 0.2) is 57.2 Å². The second-order valence-corrected chi connectivity index (χ2v) is 13.7. The van der Waals surface area contributed by atoms with Crippen molar-refractivity contribution in [3.63, 3.8) is 0 Å². The summed E-state index contributed by atoms with van der Waals surface area (Å²) in [4.78, 5) is 21.6. The molecule has 37 heavy (non-hydrogen) atoms. The summed E-state index contributed by atoms with van der Waals surface area (Å²) in [5, 5.41) is 0. The molecule has 1 saturated heterocycles. The molecular formula is C28H34N4O3S2. The maximum atomic E-state index is 14.4. The van der Waals surface area contributed by atoms with Gasteiger partial charge in [-0.25, -0.2) is 17.9 Å². The van der Waals surface area contributed by atoms with Crippen LogP contribution in [0, 0.1) is 11.8 Å². The van der Waals surface area contributed by atoms with E-state index in [0.29, 0.717) is 30.2 Å². The number of benzene rings is 2. The van der Waals surface area contributed by atoms with Crippen LogP contribution in [0.25, 0.3) is 10.2 Å². The minimum absolute atomic E-state index is 0.0878. The first-order chi connectivity index (χ1) is 18.0. The van der Waals surface area contributed by atoms with E-state index in [1.54, 1.807) is 25.5 Å². The van der Waals surface area contributed by atoms with Crippen LogP contribution in [-0.2, 0) is 21.3 Å². The van der Waals surface area contributed by atoms with Crippen molar-refractivity contribution in [1.29, 1.82) is 0 Å². The molecule has 2 aliphatic carbocycles. The molecule has 0 unspecified atom stereocenters. The summed E-state index contributed by atoms with van der Waals surface area (Å²) in [5.74, 6) is 2.40. The highest BCUT2D eigenvalue weighted by Gasteiger charge is 2.46. The molecule has 3 fully saturated rings. The van der Waals surface area contributed by atoms with Gasteiger partial charge in [-0.2, -0.15) is 0 Å². The van der Waals surface area contributed by atoms with Gasteiger partial charge >= 0.3 is 0 Å². The molecule has 9 heteroatoms. The first-order valence-electron chi connectivity index (χ1n) is 13.2. The first-order valence-corrected chi connectivity index (χ1v) is 15.5. The largest absolute Gasteiger partial charge is 0.497 e. The van der Waals surface area contributed by atoms with Gasteiger partial charge in [0.15, 0.2) is 0 Å². The molecule has 196 valence electrons. The van der Waals surface area contributed by atoms with Crippen LogP contribution in [0.2, 0.25) is 0 Å². The number of methoxy groups -OCH3 is 1. The summed E-state index contributed by atoms with van der Waals surface area (Å²) in [6, 6.07) is 13.4. The lowest BCUT2D eigenvalue weighted by Crippen LogP contribution is -2.51. The van der Waals surface area contributed by atoms with Gasteiger partial charge < -0.3 is 9.64 Å². The van der Waals surface area contributed by atoms with Gasteiger partial charge in [-0.15, -0.1) is 11.3 Å². The van der Waals surface area contributed by atoms with E-state index < -0.39 is 16.0 Å². The number of thiazole rings is 1. The first kappa shape index (κ1) is 24.8. The Morgan fingerprint density at radius 1 is 1.16 bits per heavy atom. The smallest absolute Gasteiger partial charge is 0.241 e. The molecule has 3 aromatic rings. The molecule has 2 aromatic carbocycles. The van der Waals surface area contributed by atoms with Gasteiger partial charge in [-0.3, -0.25) is 4.79 Å². The standard InChI is InChI=1S/C28H34N4O3S2/c1-29-37(34,24-10-8-23(35-2)9-11-24)32-13-3-4-26(32)28(33)31(22-7-6-20-15-21(20)16-22)17-19-5-12-27-25(14-19)30-18-36-27/h5,8-12,14,18,20-22,26H,3-4,6-7,13,15-17H2,1-2H3/t20-,21-,22-,26-,37+/m0/s1. The zero-order valence-electron chi connectivity index (χ0n) is 21.4. The molecule has 6 rings (SSSR count). The van der Waals surface area contributed by atoms with Crippen LogP contribution >= 0.6 is 11.3 Å². The third kappa shape index (κ3) is 4.66. The quantitative estimate of drug-likeness (QED) is 0.406. The zero-order valence-corrected chi connectivity index (χ0v) is 23.0. The molecule has 7 nitrogen and oxygen atoms in total. The van der Waals surface area contributed by atoms with Gasteiger partial charge in [-0.05, 0) is 92.3 Å². The number of amides is 1. The van der Waals surface area contributed by atoms with E-state index in [-0.39, 0.29) is 11.9 Å². The maximum Gasteiger partial charge on any atom is 0.241 e. The van der Waals surface area contributed by atoms with Gasteiger partial charge in [0.05, 0.1) is 27.7 Å². The van der Waals surface area contributed by atoms with Crippen LogP contribution < -0.4 is 4.74 Å². The lowest BCUT2D eigenvalue weighted by atomic mass is 9.93. The fourth-order valence-electron chi connectivity index (χ4n) is 6.27. The highest BCUT2D eigenvalue weighted by Crippen LogP contribution is 2.50. The molecule has 3 aliphatic rings. The summed E-state index contributed by atoms with van der Waals surface area (Å²) in [6.07, 6.45) is 6.15. The number of fused-ring (bicyclic) bond motifs is 2. The van der Waals surface area contributed by atoms with Gasteiger partial charge in [0.25, 0.3) is 0 Å². The second-order valence-electron chi connectivity index (χ2n) is 10.5. The van der Waals surface area contributed by atoms with Gasteiger partial charge in [0, 0.05) is 26.2 Å². The second kappa shape index (κ2) is 10.0. The van der Waals surface area contributed by atoms with E-state index in [2.05, 4.69) is 32.4 Å². The molecule has 2 saturated carbocycles. The van der Waals surface area contributed by atoms with Crippen molar-refractivity contribution in [3.05, 3.63) is 53.5 Å². The predicted molar refractivity (Wildman–Crippen MR) is 147 cm³/mol. The highest BCUT2D eigenvalue weighted by atomic mass is 32.2. The molecule has 0 N–H and O–H groups in total. The van der Waals surface area contributed by atoms with E-state index >= 15 is 0 Å². The Morgan fingerprint density at radius 2 is 2.00 bits per heavy atom. The van der Waals surface area contributed by atoms with E-state index in [1.807, 2.05) is 34.1 Å². The van der Waals surface area contributed by atoms with Crippen molar-refractivity contribution >= 4 is 37.4 Å². The third-order valence-electron chi connectivity index (χ3n) is 8.41. The number of rotatable bonds is 7. The van der Waals surface area contributed by atoms with Crippen molar-refractivity contribution in [2.45, 2.75) is 62.0 Å². The lowest BCUT2D eigenvalue weighted by molar-refractivity contribution is -0.138. The van der Waals surface area contributed by atoms with Crippen LogP contribution in [-0.4, -0.2) is 57.1 Å². The van der Waals surface area contributed by atoms with Crippen molar-refractivity contribution in [2.75, 3.05) is 20.7 Å². The molecule has 1 amide bonds. The summed E-state index contributed by atoms with van der Waals surface area (Å²) in [7, 11) is 0.294. The van der Waals surface area contributed by atoms with Gasteiger partial charge in [-0.1, -0.05) is 6.07 Å². The highest BCUT2D eigenvalue weighted by molar-refractivity contribution is 7.91. The van der Waals surface area contributed by atoms with Crippen molar-refractivity contribution in [3.8, 4) is 5.75 Å². The van der Waals surface area contributed by atoms with Crippen LogP contribution in [0.3, 0.4) is 0 Å². The summed E-state index contributed by atoms with van der Waals surface area (Å²) < 4.78 is 27.1. The average Bonchev–Trinajstić information content (AvgIpc) is 3.29. The van der Waals surface area contributed by atoms with Crippen LogP contribution in [0.4, 0.5) is 0 Å². The molecule has 0 bridgehead atoms. The predicted octanol–water partition coefficient (Wildman–Crippen LogP) is 5.36. The topological polar surface area (TPSA) is 75.1 Å². The molecule has 1 aromatic heterocycles. The fourth-order valence-corrected chi connectivity index (χ4v) is 9.03. The molecular weight excluding hydrogens is 504 g/mol. The monoisotopic (exact) mass is 538 g/mol. The van der Waals surface area contributed by atoms with E-state index in [1.165, 1.54) is 12.8 Å². The Bertz CT molecular complexity index is 1410. The Hall–Kier alpha value is -2.49. The number of nitrogens with zero attached hydrogens (tertiary/aromatic N) is 4.